The first-order valence-electron chi connectivity index (χ1n) is 16.6. The van der Waals surface area contributed by atoms with Crippen LogP contribution in [0.1, 0.15) is 60.4 Å². The van der Waals surface area contributed by atoms with Crippen molar-refractivity contribution in [1.82, 2.24) is 10.2 Å². The fraction of sp³-hybridized carbons (Fsp3) is 0.474. The fourth-order valence-electron chi connectivity index (χ4n) is 7.70. The van der Waals surface area contributed by atoms with Crippen LogP contribution in [-0.4, -0.2) is 64.9 Å². The second kappa shape index (κ2) is 14.7. The number of hydrogen-bond acceptors (Lipinski definition) is 5. The number of aliphatic hydroxyl groups is 2. The summed E-state index contributed by atoms with van der Waals surface area (Å²) in [5.74, 6) is -0.155. The highest BCUT2D eigenvalue weighted by molar-refractivity contribution is 5.82. The second-order valence-electron chi connectivity index (χ2n) is 13.3. The van der Waals surface area contributed by atoms with Gasteiger partial charge < -0.3 is 25.2 Å². The molecule has 2 saturated heterocycles. The fourth-order valence-corrected chi connectivity index (χ4v) is 7.70. The Morgan fingerprint density at radius 1 is 0.933 bits per heavy atom. The van der Waals surface area contributed by atoms with E-state index < -0.39 is 24.2 Å². The third-order valence-corrected chi connectivity index (χ3v) is 10.1. The second-order valence-corrected chi connectivity index (χ2v) is 13.3. The molecule has 3 aromatic rings. The van der Waals surface area contributed by atoms with Crippen LogP contribution in [0, 0.1) is 17.8 Å². The van der Waals surface area contributed by atoms with Crippen LogP contribution < -0.4 is 5.32 Å². The lowest BCUT2D eigenvalue weighted by molar-refractivity contribution is -0.134. The number of carbonyl (C=O) groups excluding carboxylic acids is 2. The van der Waals surface area contributed by atoms with Gasteiger partial charge in [-0.15, -0.1) is 0 Å². The summed E-state index contributed by atoms with van der Waals surface area (Å²) in [5.41, 5.74) is 4.17. The molecular formula is C38H46N2O5. The molecule has 7 heteroatoms. The first kappa shape index (κ1) is 31.5. The molecule has 3 N–H and O–H groups in total. The van der Waals surface area contributed by atoms with Crippen molar-refractivity contribution in [1.29, 1.82) is 0 Å². The smallest absolute Gasteiger partial charge is 0.226 e. The zero-order chi connectivity index (χ0) is 31.2. The van der Waals surface area contributed by atoms with Gasteiger partial charge in [0.25, 0.3) is 0 Å². The third kappa shape index (κ3) is 7.83. The van der Waals surface area contributed by atoms with Gasteiger partial charge in [-0.05, 0) is 73.1 Å². The molecule has 3 aromatic carbocycles. The molecule has 6 atom stereocenters. The molecule has 0 aromatic heterocycles. The van der Waals surface area contributed by atoms with Gasteiger partial charge in [0.2, 0.25) is 11.8 Å². The Labute approximate surface area is 266 Å². The van der Waals surface area contributed by atoms with Crippen LogP contribution in [0.25, 0.3) is 0 Å². The highest BCUT2D eigenvalue weighted by Crippen LogP contribution is 2.35. The van der Waals surface area contributed by atoms with Crippen molar-refractivity contribution in [2.45, 2.75) is 75.7 Å². The number of aliphatic hydroxyl groups excluding tert-OH is 2. The molecule has 1 aliphatic carbocycles. The maximum atomic E-state index is 13.9. The molecule has 0 radical (unpaired) electrons. The van der Waals surface area contributed by atoms with Crippen LogP contribution in [0.15, 0.2) is 84.9 Å². The van der Waals surface area contributed by atoms with E-state index in [1.165, 1.54) is 5.56 Å². The number of ether oxygens (including phenoxy) is 1. The predicted octanol–water partition coefficient (Wildman–Crippen LogP) is 4.65. The number of benzene rings is 3. The summed E-state index contributed by atoms with van der Waals surface area (Å²) in [6, 6.07) is 27.4. The number of β-amino-alcohol motifs (C(OH)–C–C–N with tert-alkyl or cyclic N) is 1. The van der Waals surface area contributed by atoms with Crippen molar-refractivity contribution in [2.75, 3.05) is 19.8 Å². The first-order valence-corrected chi connectivity index (χ1v) is 16.6. The number of carbonyl (C=O) groups is 2. The van der Waals surface area contributed by atoms with Crippen LogP contribution in [0.3, 0.4) is 0 Å². The van der Waals surface area contributed by atoms with E-state index in [4.69, 9.17) is 4.74 Å². The van der Waals surface area contributed by atoms with E-state index in [-0.39, 0.29) is 36.7 Å². The summed E-state index contributed by atoms with van der Waals surface area (Å²) >= 11 is 0. The number of rotatable bonds is 12. The summed E-state index contributed by atoms with van der Waals surface area (Å²) < 4.78 is 5.55. The Morgan fingerprint density at radius 2 is 1.60 bits per heavy atom. The maximum absolute atomic E-state index is 13.9. The topological polar surface area (TPSA) is 99.1 Å². The molecule has 0 spiro atoms. The Kier molecular flexibility index (Phi) is 10.3. The average molecular weight is 611 g/mol. The minimum atomic E-state index is -0.866. The van der Waals surface area contributed by atoms with Gasteiger partial charge in [-0.3, -0.25) is 9.59 Å². The minimum Gasteiger partial charge on any atom is -0.391 e. The van der Waals surface area contributed by atoms with Gasteiger partial charge in [0.05, 0.1) is 18.2 Å². The Balaban J connectivity index is 1.17. The normalized spacial score (nSPS) is 24.8. The molecule has 2 amide bonds. The maximum Gasteiger partial charge on any atom is 0.226 e. The molecule has 7 nitrogen and oxygen atoms in total. The zero-order valence-corrected chi connectivity index (χ0v) is 26.0. The van der Waals surface area contributed by atoms with E-state index in [1.54, 1.807) is 0 Å². The lowest BCUT2D eigenvalue weighted by Crippen LogP contribution is -2.43. The SMILES string of the molecule is O=C(N[C@H]1c2ccccc2C[C@H]1O)C(Cc1ccccc1)CC(O)CN1C(=O)C(CC2CCOCC2)C[C@@H]1Cc1ccccc1. The summed E-state index contributed by atoms with van der Waals surface area (Å²) in [6.45, 7) is 1.72. The molecular weight excluding hydrogens is 564 g/mol. The third-order valence-electron chi connectivity index (χ3n) is 10.1. The molecule has 3 aliphatic rings. The van der Waals surface area contributed by atoms with Gasteiger partial charge in [-0.2, -0.15) is 0 Å². The number of hydrogen-bond donors (Lipinski definition) is 3. The molecule has 238 valence electrons. The minimum absolute atomic E-state index is 0.00549. The zero-order valence-electron chi connectivity index (χ0n) is 26.0. The molecule has 2 fully saturated rings. The standard InChI is InChI=1S/C38H46N2O5/c41-33(25-40-32(21-27-11-5-2-6-12-27)22-31(38(40)44)20-28-15-17-45-18-16-28)23-30(19-26-9-3-1-4-10-26)37(43)39-36-34-14-8-7-13-29(34)24-35(36)42/h1-14,28,30-33,35-36,41-42H,15-25H2,(H,39,43)/t30?,31?,32-,33?,35+,36-/m0/s1. The molecule has 45 heavy (non-hydrogen) atoms. The number of nitrogens with zero attached hydrogens (tertiary/aromatic N) is 1. The molecule has 6 rings (SSSR count). The van der Waals surface area contributed by atoms with Gasteiger partial charge in [0.1, 0.15) is 0 Å². The molecule has 2 aliphatic heterocycles. The summed E-state index contributed by atoms with van der Waals surface area (Å²) in [6.07, 6.45) is 4.00. The molecule has 3 unspecified atom stereocenters. The Bertz CT molecular complexity index is 1410. The summed E-state index contributed by atoms with van der Waals surface area (Å²) in [7, 11) is 0. The molecule has 0 saturated carbocycles. The van der Waals surface area contributed by atoms with Crippen molar-refractivity contribution in [3.63, 3.8) is 0 Å². The summed E-state index contributed by atoms with van der Waals surface area (Å²) in [5, 5.41) is 25.5. The first-order chi connectivity index (χ1) is 21.9. The monoisotopic (exact) mass is 610 g/mol. The van der Waals surface area contributed by atoms with E-state index in [2.05, 4.69) is 17.4 Å². The van der Waals surface area contributed by atoms with Crippen molar-refractivity contribution >= 4 is 11.8 Å². The van der Waals surface area contributed by atoms with Crippen LogP contribution in [0.5, 0.6) is 0 Å². The summed E-state index contributed by atoms with van der Waals surface area (Å²) in [4.78, 5) is 29.6. The highest BCUT2D eigenvalue weighted by atomic mass is 16.5. The number of fused-ring (bicyclic) bond motifs is 1. The average Bonchev–Trinajstić information content (AvgIpc) is 3.52. The largest absolute Gasteiger partial charge is 0.391 e. The lowest BCUT2D eigenvalue weighted by atomic mass is 9.87. The lowest BCUT2D eigenvalue weighted by Gasteiger charge is -2.30. The predicted molar refractivity (Wildman–Crippen MR) is 173 cm³/mol. The number of nitrogens with one attached hydrogen (secondary N) is 1. The van der Waals surface area contributed by atoms with E-state index in [0.29, 0.717) is 18.8 Å². The molecule has 0 bridgehead atoms. The Morgan fingerprint density at radius 3 is 2.33 bits per heavy atom. The van der Waals surface area contributed by atoms with E-state index in [0.717, 1.165) is 62.0 Å². The Hall–Kier alpha value is -3.52. The van der Waals surface area contributed by atoms with Crippen LogP contribution in [0.4, 0.5) is 0 Å². The van der Waals surface area contributed by atoms with Gasteiger partial charge in [0.15, 0.2) is 0 Å². The van der Waals surface area contributed by atoms with Crippen molar-refractivity contribution in [3.8, 4) is 0 Å². The van der Waals surface area contributed by atoms with E-state index in [9.17, 15) is 19.8 Å². The van der Waals surface area contributed by atoms with Gasteiger partial charge in [0, 0.05) is 44.1 Å². The quantitative estimate of drug-likeness (QED) is 0.278. The van der Waals surface area contributed by atoms with Gasteiger partial charge in [-0.25, -0.2) is 0 Å². The van der Waals surface area contributed by atoms with Gasteiger partial charge >= 0.3 is 0 Å². The number of amides is 2. The highest BCUT2D eigenvalue weighted by Gasteiger charge is 2.42. The van der Waals surface area contributed by atoms with Crippen molar-refractivity contribution in [2.24, 2.45) is 17.8 Å². The van der Waals surface area contributed by atoms with E-state index >= 15 is 0 Å². The van der Waals surface area contributed by atoms with Crippen molar-refractivity contribution in [3.05, 3.63) is 107 Å². The molecule has 2 heterocycles. The van der Waals surface area contributed by atoms with Crippen molar-refractivity contribution < 1.29 is 24.5 Å². The van der Waals surface area contributed by atoms with Gasteiger partial charge in [-0.1, -0.05) is 84.9 Å². The van der Waals surface area contributed by atoms with Crippen LogP contribution in [0.2, 0.25) is 0 Å². The number of likely N-dealkylation sites (tertiary alicyclic amines) is 1. The van der Waals surface area contributed by atoms with Crippen LogP contribution >= 0.6 is 0 Å². The van der Waals surface area contributed by atoms with Crippen LogP contribution in [-0.2, 0) is 33.6 Å². The van der Waals surface area contributed by atoms with E-state index in [1.807, 2.05) is 77.7 Å².